The van der Waals surface area contributed by atoms with E-state index in [1.807, 2.05) is 19.3 Å². The maximum Gasteiger partial charge on any atom is 0.0299 e. The van der Waals surface area contributed by atoms with Crippen LogP contribution in [-0.4, -0.2) is 18.1 Å². The van der Waals surface area contributed by atoms with Gasteiger partial charge in [0.25, 0.3) is 0 Å². The van der Waals surface area contributed by atoms with Crippen molar-refractivity contribution in [2.24, 2.45) is 0 Å². The summed E-state index contributed by atoms with van der Waals surface area (Å²) in [6.07, 6.45) is 11.8. The third kappa shape index (κ3) is 3.59. The molecule has 14 heavy (non-hydrogen) atoms. The molecule has 0 fully saturated rings. The van der Waals surface area contributed by atoms with E-state index < -0.39 is 0 Å². The van der Waals surface area contributed by atoms with Gasteiger partial charge >= 0.3 is 0 Å². The Kier molecular flexibility index (Phi) is 4.74. The molecule has 1 heterocycles. The first-order valence-electron chi connectivity index (χ1n) is 4.86. The molecule has 0 aliphatic heterocycles. The van der Waals surface area contributed by atoms with Crippen LogP contribution in [0.1, 0.15) is 18.4 Å². The van der Waals surface area contributed by atoms with Gasteiger partial charge in [-0.3, -0.25) is 4.98 Å². The second-order valence-electron chi connectivity index (χ2n) is 3.29. The van der Waals surface area contributed by atoms with E-state index in [0.717, 1.165) is 19.3 Å². The highest BCUT2D eigenvalue weighted by molar-refractivity contribution is 5.08. The minimum Gasteiger partial charge on any atom is -0.316 e. The molecule has 2 nitrogen and oxygen atoms in total. The summed E-state index contributed by atoms with van der Waals surface area (Å²) >= 11 is 0. The Bertz CT molecular complexity index is 287. The minimum absolute atomic E-state index is 0.417. The van der Waals surface area contributed by atoms with Gasteiger partial charge in [-0.05, 0) is 31.5 Å². The summed E-state index contributed by atoms with van der Waals surface area (Å²) in [6.45, 7) is 0. The van der Waals surface area contributed by atoms with Crippen LogP contribution in [0.25, 0.3) is 0 Å². The summed E-state index contributed by atoms with van der Waals surface area (Å²) in [7, 11) is 1.95. The lowest BCUT2D eigenvalue weighted by Crippen LogP contribution is -2.25. The first-order valence-corrected chi connectivity index (χ1v) is 4.86. The van der Waals surface area contributed by atoms with Crippen LogP contribution >= 0.6 is 0 Å². The average molecular weight is 188 g/mol. The van der Waals surface area contributed by atoms with Gasteiger partial charge in [0.15, 0.2) is 0 Å². The zero-order chi connectivity index (χ0) is 10.2. The van der Waals surface area contributed by atoms with Crippen molar-refractivity contribution < 1.29 is 0 Å². The topological polar surface area (TPSA) is 24.9 Å². The lowest BCUT2D eigenvalue weighted by atomic mass is 10.0. The molecule has 0 aliphatic carbocycles. The van der Waals surface area contributed by atoms with Crippen LogP contribution in [0.15, 0.2) is 24.5 Å². The summed E-state index contributed by atoms with van der Waals surface area (Å²) < 4.78 is 0. The second-order valence-corrected chi connectivity index (χ2v) is 3.29. The molecule has 0 aliphatic rings. The Hall–Kier alpha value is -1.33. The van der Waals surface area contributed by atoms with Crippen LogP contribution in [0.3, 0.4) is 0 Å². The Morgan fingerprint density at radius 2 is 2.50 bits per heavy atom. The molecule has 0 spiro atoms. The molecule has 1 unspecified atom stereocenters. The number of pyridine rings is 1. The molecular weight excluding hydrogens is 172 g/mol. The van der Waals surface area contributed by atoms with E-state index in [-0.39, 0.29) is 0 Å². The molecule has 1 N–H and O–H groups in total. The van der Waals surface area contributed by atoms with Gasteiger partial charge in [-0.15, -0.1) is 12.3 Å². The first kappa shape index (κ1) is 10.7. The molecule has 0 radical (unpaired) electrons. The highest BCUT2D eigenvalue weighted by Crippen LogP contribution is 2.05. The van der Waals surface area contributed by atoms with E-state index in [2.05, 4.69) is 22.3 Å². The van der Waals surface area contributed by atoms with Gasteiger partial charge in [-0.2, -0.15) is 0 Å². The minimum atomic E-state index is 0.417. The molecule has 0 bridgehead atoms. The Labute approximate surface area is 85.8 Å². The summed E-state index contributed by atoms with van der Waals surface area (Å²) in [4.78, 5) is 4.07. The van der Waals surface area contributed by atoms with Gasteiger partial charge in [0.2, 0.25) is 0 Å². The van der Waals surface area contributed by atoms with E-state index in [1.54, 1.807) is 6.20 Å². The number of aromatic nitrogens is 1. The Morgan fingerprint density at radius 1 is 1.64 bits per heavy atom. The van der Waals surface area contributed by atoms with Gasteiger partial charge in [0.1, 0.15) is 0 Å². The fraction of sp³-hybridized carbons (Fsp3) is 0.417. The van der Waals surface area contributed by atoms with Crippen LogP contribution in [0.2, 0.25) is 0 Å². The lowest BCUT2D eigenvalue weighted by molar-refractivity contribution is 0.534. The molecule has 2 heteroatoms. The molecule has 74 valence electrons. The molecule has 1 rings (SSSR count). The molecular formula is C12H16N2. The third-order valence-corrected chi connectivity index (χ3v) is 2.28. The van der Waals surface area contributed by atoms with E-state index in [4.69, 9.17) is 6.42 Å². The van der Waals surface area contributed by atoms with Crippen LogP contribution in [0.4, 0.5) is 0 Å². The standard InChI is InChI=1S/C12H16N2/c1-3-5-12(13-2)8-7-11-6-4-9-14-10-11/h1,4,6,9-10,12-13H,5,7-8H2,2H3. The predicted octanol–water partition coefficient (Wildman–Crippen LogP) is 1.63. The summed E-state index contributed by atoms with van der Waals surface area (Å²) in [5, 5.41) is 3.21. The van der Waals surface area contributed by atoms with Crippen molar-refractivity contribution in [3.8, 4) is 12.3 Å². The van der Waals surface area contributed by atoms with Crippen molar-refractivity contribution in [1.29, 1.82) is 0 Å². The Morgan fingerprint density at radius 3 is 3.07 bits per heavy atom. The van der Waals surface area contributed by atoms with Crippen molar-refractivity contribution in [3.05, 3.63) is 30.1 Å². The zero-order valence-corrected chi connectivity index (χ0v) is 8.53. The maximum absolute atomic E-state index is 5.27. The number of hydrogen-bond acceptors (Lipinski definition) is 2. The summed E-state index contributed by atoms with van der Waals surface area (Å²) in [5.74, 6) is 2.68. The van der Waals surface area contributed by atoms with Crippen molar-refractivity contribution in [2.45, 2.75) is 25.3 Å². The van der Waals surface area contributed by atoms with Gasteiger partial charge < -0.3 is 5.32 Å². The molecule has 0 saturated carbocycles. The quantitative estimate of drug-likeness (QED) is 0.710. The van der Waals surface area contributed by atoms with Gasteiger partial charge in [0, 0.05) is 24.9 Å². The molecule has 1 atom stereocenters. The molecule has 1 aromatic heterocycles. The summed E-state index contributed by atoms with van der Waals surface area (Å²) in [6, 6.07) is 4.47. The SMILES string of the molecule is C#CCC(CCc1cccnc1)NC. The van der Waals surface area contributed by atoms with E-state index in [1.165, 1.54) is 5.56 Å². The monoisotopic (exact) mass is 188 g/mol. The number of terminal acetylenes is 1. The van der Waals surface area contributed by atoms with E-state index >= 15 is 0 Å². The highest BCUT2D eigenvalue weighted by atomic mass is 14.9. The molecule has 0 aromatic carbocycles. The number of rotatable bonds is 5. The largest absolute Gasteiger partial charge is 0.316 e. The van der Waals surface area contributed by atoms with E-state index in [0.29, 0.717) is 6.04 Å². The third-order valence-electron chi connectivity index (χ3n) is 2.28. The van der Waals surface area contributed by atoms with Crippen LogP contribution in [-0.2, 0) is 6.42 Å². The number of hydrogen-bond donors (Lipinski definition) is 1. The molecule has 0 amide bonds. The fourth-order valence-corrected chi connectivity index (χ4v) is 1.38. The first-order chi connectivity index (χ1) is 6.86. The summed E-state index contributed by atoms with van der Waals surface area (Å²) in [5.41, 5.74) is 1.27. The van der Waals surface area contributed by atoms with E-state index in [9.17, 15) is 0 Å². The smallest absolute Gasteiger partial charge is 0.0299 e. The number of aryl methyl sites for hydroxylation is 1. The molecule has 0 saturated heterocycles. The van der Waals surface area contributed by atoms with Gasteiger partial charge in [-0.1, -0.05) is 6.07 Å². The van der Waals surface area contributed by atoms with Crippen molar-refractivity contribution in [3.63, 3.8) is 0 Å². The Balaban J connectivity index is 2.36. The predicted molar refractivity (Wildman–Crippen MR) is 58.9 cm³/mol. The van der Waals surface area contributed by atoms with Crippen molar-refractivity contribution in [1.82, 2.24) is 10.3 Å². The normalized spacial score (nSPS) is 12.0. The maximum atomic E-state index is 5.27. The van der Waals surface area contributed by atoms with Crippen LogP contribution in [0, 0.1) is 12.3 Å². The van der Waals surface area contributed by atoms with Gasteiger partial charge in [-0.25, -0.2) is 0 Å². The number of nitrogens with zero attached hydrogens (tertiary/aromatic N) is 1. The fourth-order valence-electron chi connectivity index (χ4n) is 1.38. The van der Waals surface area contributed by atoms with Crippen LogP contribution in [0.5, 0.6) is 0 Å². The molecule has 1 aromatic rings. The van der Waals surface area contributed by atoms with Crippen LogP contribution < -0.4 is 5.32 Å². The van der Waals surface area contributed by atoms with Crippen molar-refractivity contribution in [2.75, 3.05) is 7.05 Å². The highest BCUT2D eigenvalue weighted by Gasteiger charge is 2.03. The second kappa shape index (κ2) is 6.17. The van der Waals surface area contributed by atoms with Gasteiger partial charge in [0.05, 0.1) is 0 Å². The number of nitrogens with one attached hydrogen (secondary N) is 1. The van der Waals surface area contributed by atoms with Crippen molar-refractivity contribution >= 4 is 0 Å². The average Bonchev–Trinajstić information content (AvgIpc) is 2.25. The zero-order valence-electron chi connectivity index (χ0n) is 8.53. The lowest BCUT2D eigenvalue weighted by Gasteiger charge is -2.12.